The Labute approximate surface area is 203 Å². The first-order valence-corrected chi connectivity index (χ1v) is 12.4. The molecule has 1 unspecified atom stereocenters. The summed E-state index contributed by atoms with van der Waals surface area (Å²) in [6, 6.07) is 14.7. The number of likely N-dealkylation sites (N-methyl/N-ethyl adjacent to an activating group) is 1. The van der Waals surface area contributed by atoms with Crippen LogP contribution in [0.3, 0.4) is 0 Å². The van der Waals surface area contributed by atoms with Crippen molar-refractivity contribution in [3.05, 3.63) is 69.2 Å². The number of para-hydroxylation sites is 1. The van der Waals surface area contributed by atoms with E-state index in [2.05, 4.69) is 20.8 Å². The zero-order valence-corrected chi connectivity index (χ0v) is 21.1. The summed E-state index contributed by atoms with van der Waals surface area (Å²) < 4.78 is 2.61. The standard InChI is InChI=1S/C26H31BrN4O2/c1-18(30(17-16-29(2)3)25(32)19-8-4-5-9-19)24-28-23-11-7-6-10-22(23)26(33)31(24)21-14-12-20(27)13-15-21/h6-7,10-15,18-19H,4-5,8-9,16-17H2,1-3H3. The number of hydrogen-bond acceptors (Lipinski definition) is 4. The Morgan fingerprint density at radius 3 is 2.42 bits per heavy atom. The van der Waals surface area contributed by atoms with Gasteiger partial charge in [0.2, 0.25) is 5.91 Å². The zero-order valence-electron chi connectivity index (χ0n) is 19.5. The van der Waals surface area contributed by atoms with Crippen LogP contribution in [0.1, 0.15) is 44.5 Å². The number of nitrogens with zero attached hydrogens (tertiary/aromatic N) is 4. The maximum atomic E-state index is 13.7. The first kappa shape index (κ1) is 23.6. The normalized spacial score (nSPS) is 15.3. The molecular weight excluding hydrogens is 480 g/mol. The third kappa shape index (κ3) is 5.04. The fraction of sp³-hybridized carbons (Fsp3) is 0.423. The van der Waals surface area contributed by atoms with Gasteiger partial charge in [-0.3, -0.25) is 14.2 Å². The van der Waals surface area contributed by atoms with Crippen molar-refractivity contribution >= 4 is 32.7 Å². The van der Waals surface area contributed by atoms with E-state index in [1.807, 2.05) is 74.4 Å². The van der Waals surface area contributed by atoms with Crippen LogP contribution in [0.25, 0.3) is 16.6 Å². The van der Waals surface area contributed by atoms with E-state index in [1.165, 1.54) is 0 Å². The molecule has 1 saturated carbocycles. The summed E-state index contributed by atoms with van der Waals surface area (Å²) in [5.74, 6) is 0.820. The monoisotopic (exact) mass is 510 g/mol. The van der Waals surface area contributed by atoms with Crippen LogP contribution in [0, 0.1) is 5.92 Å². The van der Waals surface area contributed by atoms with E-state index in [4.69, 9.17) is 4.98 Å². The third-order valence-electron chi connectivity index (χ3n) is 6.50. The quantitative estimate of drug-likeness (QED) is 0.458. The summed E-state index contributed by atoms with van der Waals surface area (Å²) >= 11 is 3.48. The van der Waals surface area contributed by atoms with E-state index in [9.17, 15) is 9.59 Å². The average Bonchev–Trinajstić information content (AvgIpc) is 3.34. The Kier molecular flexibility index (Phi) is 7.29. The molecule has 1 amide bonds. The summed E-state index contributed by atoms with van der Waals surface area (Å²) in [5, 5.41) is 0.568. The number of rotatable bonds is 7. The van der Waals surface area contributed by atoms with E-state index in [0.29, 0.717) is 23.3 Å². The molecule has 1 aromatic heterocycles. The van der Waals surface area contributed by atoms with Gasteiger partial charge < -0.3 is 9.80 Å². The average molecular weight is 511 g/mol. The second kappa shape index (κ2) is 10.2. The molecule has 0 N–H and O–H groups in total. The first-order valence-electron chi connectivity index (χ1n) is 11.6. The summed E-state index contributed by atoms with van der Waals surface area (Å²) in [6.45, 7) is 3.33. The molecule has 4 rings (SSSR count). The molecule has 1 fully saturated rings. The Bertz CT molecular complexity index is 1180. The summed E-state index contributed by atoms with van der Waals surface area (Å²) in [7, 11) is 4.02. The Morgan fingerprint density at radius 1 is 1.09 bits per heavy atom. The SMILES string of the molecule is CC(c1nc2ccccc2c(=O)n1-c1ccc(Br)cc1)N(CCN(C)C)C(=O)C1CCCC1. The van der Waals surface area contributed by atoms with Crippen molar-refractivity contribution in [2.45, 2.75) is 38.6 Å². The number of carbonyl (C=O) groups is 1. The van der Waals surface area contributed by atoms with Crippen LogP contribution in [-0.2, 0) is 4.79 Å². The molecule has 1 atom stereocenters. The first-order chi connectivity index (χ1) is 15.9. The molecule has 1 heterocycles. The van der Waals surface area contributed by atoms with Crippen LogP contribution < -0.4 is 5.56 Å². The largest absolute Gasteiger partial charge is 0.331 e. The lowest BCUT2D eigenvalue weighted by Crippen LogP contribution is -2.43. The number of hydrogen-bond donors (Lipinski definition) is 0. The van der Waals surface area contributed by atoms with Crippen LogP contribution in [0.4, 0.5) is 0 Å². The second-order valence-corrected chi connectivity index (χ2v) is 10.0. The summed E-state index contributed by atoms with van der Waals surface area (Å²) in [4.78, 5) is 36.2. The zero-order chi connectivity index (χ0) is 23.5. The molecule has 0 radical (unpaired) electrons. The third-order valence-corrected chi connectivity index (χ3v) is 7.03. The highest BCUT2D eigenvalue weighted by Crippen LogP contribution is 2.30. The minimum atomic E-state index is -0.348. The topological polar surface area (TPSA) is 58.4 Å². The highest BCUT2D eigenvalue weighted by atomic mass is 79.9. The van der Waals surface area contributed by atoms with Crippen molar-refractivity contribution in [2.75, 3.05) is 27.2 Å². The fourth-order valence-corrected chi connectivity index (χ4v) is 4.88. The van der Waals surface area contributed by atoms with E-state index in [1.54, 1.807) is 4.57 Å². The molecule has 7 heteroatoms. The number of aromatic nitrogens is 2. The lowest BCUT2D eigenvalue weighted by molar-refractivity contribution is -0.138. The van der Waals surface area contributed by atoms with Crippen LogP contribution in [0.5, 0.6) is 0 Å². The van der Waals surface area contributed by atoms with E-state index in [0.717, 1.165) is 42.4 Å². The van der Waals surface area contributed by atoms with Crippen LogP contribution in [0.2, 0.25) is 0 Å². The van der Waals surface area contributed by atoms with Gasteiger partial charge in [-0.25, -0.2) is 4.98 Å². The van der Waals surface area contributed by atoms with Gasteiger partial charge in [-0.15, -0.1) is 0 Å². The second-order valence-electron chi connectivity index (χ2n) is 9.10. The van der Waals surface area contributed by atoms with E-state index >= 15 is 0 Å². The van der Waals surface area contributed by atoms with Gasteiger partial charge in [0.25, 0.3) is 5.56 Å². The lowest BCUT2D eigenvalue weighted by Gasteiger charge is -2.33. The van der Waals surface area contributed by atoms with E-state index in [-0.39, 0.29) is 23.4 Å². The molecule has 6 nitrogen and oxygen atoms in total. The highest BCUT2D eigenvalue weighted by Gasteiger charge is 2.32. The lowest BCUT2D eigenvalue weighted by atomic mass is 10.0. The van der Waals surface area contributed by atoms with Crippen molar-refractivity contribution in [1.82, 2.24) is 19.4 Å². The van der Waals surface area contributed by atoms with Gasteiger partial charge in [0.05, 0.1) is 22.6 Å². The smallest absolute Gasteiger partial charge is 0.266 e. The van der Waals surface area contributed by atoms with Crippen LogP contribution in [0.15, 0.2) is 57.8 Å². The molecule has 0 spiro atoms. The van der Waals surface area contributed by atoms with Gasteiger partial charge >= 0.3 is 0 Å². The molecule has 3 aromatic rings. The molecule has 1 aliphatic carbocycles. The Balaban J connectivity index is 1.85. The molecular formula is C26H31BrN4O2. The number of fused-ring (bicyclic) bond motifs is 1. The van der Waals surface area contributed by atoms with Crippen LogP contribution >= 0.6 is 15.9 Å². The number of carbonyl (C=O) groups excluding carboxylic acids is 1. The van der Waals surface area contributed by atoms with Gasteiger partial charge in [-0.2, -0.15) is 0 Å². The predicted molar refractivity (Wildman–Crippen MR) is 136 cm³/mol. The molecule has 0 bridgehead atoms. The van der Waals surface area contributed by atoms with Crippen LogP contribution in [-0.4, -0.2) is 52.4 Å². The minimum Gasteiger partial charge on any atom is -0.331 e. The van der Waals surface area contributed by atoms with Crippen molar-refractivity contribution in [2.24, 2.45) is 5.92 Å². The van der Waals surface area contributed by atoms with Crippen molar-refractivity contribution < 1.29 is 4.79 Å². The maximum Gasteiger partial charge on any atom is 0.266 e. The molecule has 174 valence electrons. The van der Waals surface area contributed by atoms with Gasteiger partial charge in [0.1, 0.15) is 5.82 Å². The Hall–Kier alpha value is -2.51. The van der Waals surface area contributed by atoms with Crippen molar-refractivity contribution in [3.8, 4) is 5.69 Å². The molecule has 1 aliphatic rings. The number of benzene rings is 2. The van der Waals surface area contributed by atoms with Gasteiger partial charge in [0, 0.05) is 23.5 Å². The van der Waals surface area contributed by atoms with Crippen molar-refractivity contribution in [1.29, 1.82) is 0 Å². The van der Waals surface area contributed by atoms with E-state index < -0.39 is 0 Å². The Morgan fingerprint density at radius 2 is 1.76 bits per heavy atom. The van der Waals surface area contributed by atoms with Gasteiger partial charge in [-0.05, 0) is 70.3 Å². The van der Waals surface area contributed by atoms with Gasteiger partial charge in [0.15, 0.2) is 0 Å². The molecule has 33 heavy (non-hydrogen) atoms. The van der Waals surface area contributed by atoms with Gasteiger partial charge in [-0.1, -0.05) is 40.9 Å². The maximum absolute atomic E-state index is 13.7. The highest BCUT2D eigenvalue weighted by molar-refractivity contribution is 9.10. The summed E-state index contributed by atoms with van der Waals surface area (Å²) in [5.41, 5.74) is 1.27. The number of halogens is 1. The fourth-order valence-electron chi connectivity index (χ4n) is 4.62. The molecule has 0 saturated heterocycles. The predicted octanol–water partition coefficient (Wildman–Crippen LogP) is 4.79. The number of amides is 1. The molecule has 0 aliphatic heterocycles. The van der Waals surface area contributed by atoms with Crippen molar-refractivity contribution in [3.63, 3.8) is 0 Å². The minimum absolute atomic E-state index is 0.0583. The molecule has 2 aromatic carbocycles. The summed E-state index contributed by atoms with van der Waals surface area (Å²) in [6.07, 6.45) is 4.08.